The minimum absolute atomic E-state index is 0.119. The number of nitrogens with one attached hydrogen (secondary N) is 1. The Balaban J connectivity index is 1.67. The number of nitrogens with zero attached hydrogens (tertiary/aromatic N) is 3. The van der Waals surface area contributed by atoms with Crippen molar-refractivity contribution in [3.63, 3.8) is 0 Å². The topological polar surface area (TPSA) is 54.2 Å². The molecule has 1 aromatic rings. The molecule has 1 aliphatic heterocycles. The van der Waals surface area contributed by atoms with Gasteiger partial charge in [-0.15, -0.1) is 5.10 Å². The van der Waals surface area contributed by atoms with Crippen molar-refractivity contribution in [2.45, 2.75) is 45.1 Å². The van der Waals surface area contributed by atoms with Crippen molar-refractivity contribution in [1.82, 2.24) is 15.5 Å². The van der Waals surface area contributed by atoms with Crippen LogP contribution in [-0.2, 0) is 0 Å². The largest absolute Gasteiger partial charge is 0.406 e. The summed E-state index contributed by atoms with van der Waals surface area (Å²) < 4.78 is 5.80. The minimum Gasteiger partial charge on any atom is -0.406 e. The zero-order chi connectivity index (χ0) is 13.2. The third-order valence-corrected chi connectivity index (χ3v) is 4.80. The van der Waals surface area contributed by atoms with Gasteiger partial charge in [0.05, 0.1) is 6.04 Å². The van der Waals surface area contributed by atoms with E-state index < -0.39 is 0 Å². The highest BCUT2D eigenvalue weighted by molar-refractivity contribution is 5.26. The molecule has 1 saturated carbocycles. The van der Waals surface area contributed by atoms with E-state index in [0.717, 1.165) is 24.9 Å². The number of anilines is 1. The first-order valence-electron chi connectivity index (χ1n) is 7.53. The van der Waals surface area contributed by atoms with Crippen LogP contribution in [0.3, 0.4) is 0 Å². The highest BCUT2D eigenvalue weighted by atomic mass is 16.4. The molecule has 5 nitrogen and oxygen atoms in total. The molecular weight excluding hydrogens is 240 g/mol. The number of piperidine rings is 1. The normalized spacial score (nSPS) is 29.1. The summed E-state index contributed by atoms with van der Waals surface area (Å²) in [6.07, 6.45) is 6.88. The molecule has 0 radical (unpaired) electrons. The van der Waals surface area contributed by atoms with Gasteiger partial charge in [-0.25, -0.2) is 0 Å². The highest BCUT2D eigenvalue weighted by Gasteiger charge is 2.33. The van der Waals surface area contributed by atoms with Crippen molar-refractivity contribution >= 4 is 6.01 Å². The molecular formula is C14H24N4O. The minimum atomic E-state index is 0.119. The van der Waals surface area contributed by atoms with Crippen molar-refractivity contribution in [1.29, 1.82) is 0 Å². The maximum Gasteiger partial charge on any atom is 0.318 e. The zero-order valence-electron chi connectivity index (χ0n) is 11.9. The summed E-state index contributed by atoms with van der Waals surface area (Å²) in [5.41, 5.74) is 0. The SMILES string of the molecule is CNC(C)c1nnc(N2CCC3CCCCC3C2)o1. The third kappa shape index (κ3) is 2.61. The molecule has 1 N–H and O–H groups in total. The Morgan fingerprint density at radius 3 is 2.79 bits per heavy atom. The average Bonchev–Trinajstić information content (AvgIpc) is 2.95. The summed E-state index contributed by atoms with van der Waals surface area (Å²) >= 11 is 0. The van der Waals surface area contributed by atoms with Crippen LogP contribution < -0.4 is 10.2 Å². The maximum atomic E-state index is 5.80. The fourth-order valence-corrected chi connectivity index (χ4v) is 3.43. The Bertz CT molecular complexity index is 419. The first-order valence-corrected chi connectivity index (χ1v) is 7.53. The van der Waals surface area contributed by atoms with Crippen molar-refractivity contribution < 1.29 is 4.42 Å². The van der Waals surface area contributed by atoms with Gasteiger partial charge in [0.1, 0.15) is 0 Å². The van der Waals surface area contributed by atoms with Gasteiger partial charge < -0.3 is 14.6 Å². The lowest BCUT2D eigenvalue weighted by Crippen LogP contribution is -2.42. The molecule has 1 saturated heterocycles. The van der Waals surface area contributed by atoms with Gasteiger partial charge in [0, 0.05) is 13.1 Å². The molecule has 106 valence electrons. The maximum absolute atomic E-state index is 5.80. The van der Waals surface area contributed by atoms with E-state index in [9.17, 15) is 0 Å². The molecule has 1 aromatic heterocycles. The van der Waals surface area contributed by atoms with E-state index >= 15 is 0 Å². The van der Waals surface area contributed by atoms with Gasteiger partial charge in [-0.05, 0) is 38.6 Å². The second-order valence-corrected chi connectivity index (χ2v) is 5.97. The number of aromatic nitrogens is 2. The number of rotatable bonds is 3. The second-order valence-electron chi connectivity index (χ2n) is 5.97. The standard InChI is InChI=1S/C14H24N4O/c1-10(15-2)13-16-17-14(19-13)18-8-7-11-5-3-4-6-12(11)9-18/h10-12,15H,3-9H2,1-2H3. The van der Waals surface area contributed by atoms with Crippen LogP contribution in [-0.4, -0.2) is 30.3 Å². The average molecular weight is 264 g/mol. The van der Waals surface area contributed by atoms with Gasteiger partial charge in [0.25, 0.3) is 0 Å². The first kappa shape index (κ1) is 12.9. The lowest BCUT2D eigenvalue weighted by Gasteiger charge is -2.40. The van der Waals surface area contributed by atoms with Gasteiger partial charge in [0.2, 0.25) is 5.89 Å². The fourth-order valence-electron chi connectivity index (χ4n) is 3.43. The molecule has 0 aromatic carbocycles. The molecule has 2 aliphatic rings. The van der Waals surface area contributed by atoms with E-state index in [2.05, 4.69) is 20.4 Å². The monoisotopic (exact) mass is 264 g/mol. The number of hydrogen-bond donors (Lipinski definition) is 1. The van der Waals surface area contributed by atoms with E-state index in [-0.39, 0.29) is 6.04 Å². The smallest absolute Gasteiger partial charge is 0.318 e. The first-order chi connectivity index (χ1) is 9.28. The van der Waals surface area contributed by atoms with E-state index in [1.54, 1.807) is 0 Å². The van der Waals surface area contributed by atoms with Gasteiger partial charge in [-0.1, -0.05) is 24.4 Å². The molecule has 3 unspecified atom stereocenters. The van der Waals surface area contributed by atoms with Crippen molar-refractivity contribution in [2.75, 3.05) is 25.0 Å². The van der Waals surface area contributed by atoms with Crippen molar-refractivity contribution in [2.24, 2.45) is 11.8 Å². The van der Waals surface area contributed by atoms with Crippen molar-refractivity contribution in [3.05, 3.63) is 5.89 Å². The van der Waals surface area contributed by atoms with Gasteiger partial charge in [-0.3, -0.25) is 0 Å². The van der Waals surface area contributed by atoms with Gasteiger partial charge >= 0.3 is 6.01 Å². The Morgan fingerprint density at radius 2 is 2.00 bits per heavy atom. The zero-order valence-corrected chi connectivity index (χ0v) is 11.9. The summed E-state index contributed by atoms with van der Waals surface area (Å²) in [5, 5.41) is 11.5. The Morgan fingerprint density at radius 1 is 1.21 bits per heavy atom. The Kier molecular flexibility index (Phi) is 3.73. The van der Waals surface area contributed by atoms with E-state index in [0.29, 0.717) is 11.9 Å². The van der Waals surface area contributed by atoms with Crippen LogP contribution in [0.2, 0.25) is 0 Å². The molecule has 1 aliphatic carbocycles. The van der Waals surface area contributed by atoms with Crippen LogP contribution in [0.4, 0.5) is 6.01 Å². The van der Waals surface area contributed by atoms with Gasteiger partial charge in [0.15, 0.2) is 0 Å². The van der Waals surface area contributed by atoms with Crippen molar-refractivity contribution in [3.8, 4) is 0 Å². The van der Waals surface area contributed by atoms with Crippen LogP contribution in [0.1, 0.15) is 51.0 Å². The van der Waals surface area contributed by atoms with E-state index in [1.165, 1.54) is 32.1 Å². The lowest BCUT2D eigenvalue weighted by molar-refractivity contribution is 0.198. The molecule has 5 heteroatoms. The second kappa shape index (κ2) is 5.49. The lowest BCUT2D eigenvalue weighted by atomic mass is 9.75. The van der Waals surface area contributed by atoms with Crippen LogP contribution in [0.25, 0.3) is 0 Å². The third-order valence-electron chi connectivity index (χ3n) is 4.80. The van der Waals surface area contributed by atoms with E-state index in [1.807, 2.05) is 14.0 Å². The quantitative estimate of drug-likeness (QED) is 0.908. The highest BCUT2D eigenvalue weighted by Crippen LogP contribution is 2.37. The summed E-state index contributed by atoms with van der Waals surface area (Å²) in [7, 11) is 1.90. The molecule has 0 amide bonds. The van der Waals surface area contributed by atoms with E-state index in [4.69, 9.17) is 4.42 Å². The summed E-state index contributed by atoms with van der Waals surface area (Å²) in [6, 6.07) is 0.828. The summed E-state index contributed by atoms with van der Waals surface area (Å²) in [4.78, 5) is 2.28. The van der Waals surface area contributed by atoms with Crippen LogP contribution in [0.5, 0.6) is 0 Å². The van der Waals surface area contributed by atoms with Crippen LogP contribution >= 0.6 is 0 Å². The summed E-state index contributed by atoms with van der Waals surface area (Å²) in [5.74, 6) is 2.45. The van der Waals surface area contributed by atoms with Gasteiger partial charge in [-0.2, -0.15) is 0 Å². The summed E-state index contributed by atoms with van der Waals surface area (Å²) in [6.45, 7) is 4.20. The fraction of sp³-hybridized carbons (Fsp3) is 0.857. The molecule has 0 spiro atoms. The molecule has 3 rings (SSSR count). The molecule has 0 bridgehead atoms. The van der Waals surface area contributed by atoms with Crippen LogP contribution in [0.15, 0.2) is 4.42 Å². The Hall–Kier alpha value is -1.10. The molecule has 2 heterocycles. The number of fused-ring (bicyclic) bond motifs is 1. The predicted molar refractivity (Wildman–Crippen MR) is 74.1 cm³/mol. The van der Waals surface area contributed by atoms with Crippen LogP contribution in [0, 0.1) is 11.8 Å². The molecule has 2 fully saturated rings. The molecule has 3 atom stereocenters. The predicted octanol–water partition coefficient (Wildman–Crippen LogP) is 2.37. The number of hydrogen-bond acceptors (Lipinski definition) is 5. The molecule has 19 heavy (non-hydrogen) atoms. The Labute approximate surface area is 114 Å².